The van der Waals surface area contributed by atoms with Gasteiger partial charge < -0.3 is 4.74 Å². The van der Waals surface area contributed by atoms with Crippen molar-refractivity contribution < 1.29 is 9.53 Å². The third kappa shape index (κ3) is 11.0. The minimum absolute atomic E-state index is 0.240. The van der Waals surface area contributed by atoms with Crippen molar-refractivity contribution in [2.45, 2.75) is 103 Å². The highest BCUT2D eigenvalue weighted by Gasteiger charge is 2.24. The molecule has 0 aliphatic carbocycles. The molecule has 0 aliphatic heterocycles. The van der Waals surface area contributed by atoms with Crippen molar-refractivity contribution >= 4 is 5.97 Å². The maximum atomic E-state index is 13.3. The first-order valence-corrected chi connectivity index (χ1v) is 14.7. The van der Waals surface area contributed by atoms with Crippen LogP contribution in [0, 0.1) is 0 Å². The van der Waals surface area contributed by atoms with Crippen LogP contribution in [0.3, 0.4) is 0 Å². The van der Waals surface area contributed by atoms with Gasteiger partial charge in [-0.3, -0.25) is 4.79 Å². The summed E-state index contributed by atoms with van der Waals surface area (Å²) in [6.45, 7) is 2.28. The summed E-state index contributed by atoms with van der Waals surface area (Å²) in [5.41, 5.74) is 3.13. The molecule has 0 radical (unpaired) electrons. The minimum Gasteiger partial charge on any atom is -0.426 e. The first-order valence-electron chi connectivity index (χ1n) is 14.7. The molecular formula is C35H46O2. The van der Waals surface area contributed by atoms with E-state index in [2.05, 4.69) is 13.0 Å². The van der Waals surface area contributed by atoms with Crippen LogP contribution >= 0.6 is 0 Å². The second kappa shape index (κ2) is 17.6. The lowest BCUT2D eigenvalue weighted by molar-refractivity contribution is -0.135. The van der Waals surface area contributed by atoms with E-state index < -0.39 is 5.92 Å². The van der Waals surface area contributed by atoms with E-state index >= 15 is 0 Å². The maximum absolute atomic E-state index is 13.3. The molecule has 0 N–H and O–H groups in total. The van der Waals surface area contributed by atoms with Gasteiger partial charge in [-0.2, -0.15) is 0 Å². The lowest BCUT2D eigenvalue weighted by Gasteiger charge is -2.17. The van der Waals surface area contributed by atoms with Crippen molar-refractivity contribution in [3.05, 3.63) is 102 Å². The lowest BCUT2D eigenvalue weighted by atomic mass is 9.91. The Morgan fingerprint density at radius 2 is 1.08 bits per heavy atom. The average molecular weight is 499 g/mol. The van der Waals surface area contributed by atoms with Gasteiger partial charge in [-0.25, -0.2) is 0 Å². The van der Waals surface area contributed by atoms with Gasteiger partial charge >= 0.3 is 5.97 Å². The molecule has 0 unspecified atom stereocenters. The van der Waals surface area contributed by atoms with Gasteiger partial charge in [0.15, 0.2) is 0 Å². The van der Waals surface area contributed by atoms with E-state index in [1.165, 1.54) is 89.0 Å². The monoisotopic (exact) mass is 498 g/mol. The molecular weight excluding hydrogens is 452 g/mol. The summed E-state index contributed by atoms with van der Waals surface area (Å²) in [6.07, 6.45) is 18.8. The lowest BCUT2D eigenvalue weighted by Crippen LogP contribution is -2.20. The van der Waals surface area contributed by atoms with E-state index in [1.54, 1.807) is 0 Å². The Morgan fingerprint density at radius 1 is 0.595 bits per heavy atom. The van der Waals surface area contributed by atoms with Gasteiger partial charge in [0.05, 0.1) is 0 Å². The molecule has 0 saturated heterocycles. The van der Waals surface area contributed by atoms with Gasteiger partial charge in [0, 0.05) is 0 Å². The normalized spacial score (nSPS) is 11.1. The quantitative estimate of drug-likeness (QED) is 0.0990. The zero-order valence-electron chi connectivity index (χ0n) is 22.9. The SMILES string of the molecule is CCCCCCCCCCCCCCCc1cccc(OC(=O)C(c2ccccc2)c2ccccc2)c1. The average Bonchev–Trinajstić information content (AvgIpc) is 2.93. The molecule has 2 heteroatoms. The zero-order chi connectivity index (χ0) is 26.0. The van der Waals surface area contributed by atoms with Gasteiger partial charge in [-0.1, -0.05) is 157 Å². The number of aryl methyl sites for hydroxylation is 1. The molecule has 0 spiro atoms. The second-order valence-electron chi connectivity index (χ2n) is 10.3. The molecule has 0 saturated carbocycles. The number of ether oxygens (including phenoxy) is 1. The van der Waals surface area contributed by atoms with E-state index in [1.807, 2.05) is 78.9 Å². The predicted octanol–water partition coefficient (Wildman–Crippen LogP) is 10.1. The number of rotatable bonds is 18. The minimum atomic E-state index is -0.438. The molecule has 198 valence electrons. The first-order chi connectivity index (χ1) is 18.3. The van der Waals surface area contributed by atoms with Gasteiger partial charge in [-0.15, -0.1) is 0 Å². The van der Waals surface area contributed by atoms with Crippen LogP contribution in [-0.2, 0) is 11.2 Å². The van der Waals surface area contributed by atoms with Crippen LogP contribution in [0.5, 0.6) is 5.75 Å². The molecule has 0 atom stereocenters. The van der Waals surface area contributed by atoms with Crippen LogP contribution in [0.4, 0.5) is 0 Å². The van der Waals surface area contributed by atoms with E-state index in [-0.39, 0.29) is 5.97 Å². The summed E-state index contributed by atoms with van der Waals surface area (Å²) >= 11 is 0. The van der Waals surface area contributed by atoms with Crippen LogP contribution in [0.1, 0.15) is 113 Å². The molecule has 0 bridgehead atoms. The molecule has 0 aromatic heterocycles. The summed E-state index contributed by atoms with van der Waals surface area (Å²) in [5, 5.41) is 0. The van der Waals surface area contributed by atoms with Gasteiger partial charge in [0.2, 0.25) is 0 Å². The third-order valence-electron chi connectivity index (χ3n) is 7.19. The fourth-order valence-corrected chi connectivity index (χ4v) is 5.04. The molecule has 0 amide bonds. The van der Waals surface area contributed by atoms with Crippen molar-refractivity contribution in [3.63, 3.8) is 0 Å². The van der Waals surface area contributed by atoms with Crippen molar-refractivity contribution in [2.24, 2.45) is 0 Å². The van der Waals surface area contributed by atoms with Gasteiger partial charge in [0.25, 0.3) is 0 Å². The highest BCUT2D eigenvalue weighted by atomic mass is 16.5. The summed E-state index contributed by atoms with van der Waals surface area (Å²) in [6, 6.07) is 27.8. The number of esters is 1. The Kier molecular flexibility index (Phi) is 13.6. The highest BCUT2D eigenvalue weighted by molar-refractivity contribution is 5.84. The van der Waals surface area contributed by atoms with Crippen molar-refractivity contribution in [1.82, 2.24) is 0 Å². The predicted molar refractivity (Wildman–Crippen MR) is 156 cm³/mol. The number of carbonyl (C=O) groups excluding carboxylic acids is 1. The van der Waals surface area contributed by atoms with Crippen molar-refractivity contribution in [2.75, 3.05) is 0 Å². The molecule has 3 aromatic rings. The number of hydrogen-bond donors (Lipinski definition) is 0. The van der Waals surface area contributed by atoms with Crippen molar-refractivity contribution in [3.8, 4) is 5.75 Å². The molecule has 37 heavy (non-hydrogen) atoms. The zero-order valence-corrected chi connectivity index (χ0v) is 22.9. The Morgan fingerprint density at radius 3 is 1.59 bits per heavy atom. The first kappa shape index (κ1) is 28.7. The van der Waals surface area contributed by atoms with Gasteiger partial charge in [-0.05, 0) is 41.7 Å². The molecule has 2 nitrogen and oxygen atoms in total. The maximum Gasteiger partial charge on any atom is 0.323 e. The number of benzene rings is 3. The van der Waals surface area contributed by atoms with Crippen LogP contribution < -0.4 is 4.74 Å². The number of carbonyl (C=O) groups is 1. The fraction of sp³-hybridized carbons (Fsp3) is 0.457. The summed E-state index contributed by atoms with van der Waals surface area (Å²) < 4.78 is 5.91. The Balaban J connectivity index is 1.38. The van der Waals surface area contributed by atoms with E-state index in [0.29, 0.717) is 5.75 Å². The van der Waals surface area contributed by atoms with Crippen LogP contribution in [0.25, 0.3) is 0 Å². The summed E-state index contributed by atoms with van der Waals surface area (Å²) in [5.74, 6) is -0.0447. The Hall–Kier alpha value is -2.87. The highest BCUT2D eigenvalue weighted by Crippen LogP contribution is 2.27. The summed E-state index contributed by atoms with van der Waals surface area (Å²) in [4.78, 5) is 13.3. The van der Waals surface area contributed by atoms with E-state index in [9.17, 15) is 4.79 Å². The van der Waals surface area contributed by atoms with Crippen molar-refractivity contribution in [1.29, 1.82) is 0 Å². The molecule has 0 heterocycles. The van der Waals surface area contributed by atoms with Crippen LogP contribution in [0.15, 0.2) is 84.9 Å². The molecule has 3 rings (SSSR count). The summed E-state index contributed by atoms with van der Waals surface area (Å²) in [7, 11) is 0. The number of unbranched alkanes of at least 4 members (excludes halogenated alkanes) is 12. The standard InChI is InChI=1S/C35H46O2/c1-2-3-4-5-6-7-8-9-10-11-12-13-16-22-30-23-21-28-33(29-30)37-35(36)34(31-24-17-14-18-25-31)32-26-19-15-20-27-32/h14-15,17-21,23-29,34H,2-13,16,22H2,1H3. The third-order valence-corrected chi connectivity index (χ3v) is 7.19. The van der Waals surface area contributed by atoms with Crippen LogP contribution in [0.2, 0.25) is 0 Å². The molecule has 0 aliphatic rings. The van der Waals surface area contributed by atoms with Crippen LogP contribution in [-0.4, -0.2) is 5.97 Å². The fourth-order valence-electron chi connectivity index (χ4n) is 5.04. The molecule has 0 fully saturated rings. The number of hydrogen-bond acceptors (Lipinski definition) is 2. The van der Waals surface area contributed by atoms with Gasteiger partial charge in [0.1, 0.15) is 11.7 Å². The second-order valence-corrected chi connectivity index (χ2v) is 10.3. The Labute approximate surface area is 225 Å². The Bertz CT molecular complexity index is 957. The molecule has 3 aromatic carbocycles. The smallest absolute Gasteiger partial charge is 0.323 e. The topological polar surface area (TPSA) is 26.3 Å². The van der Waals surface area contributed by atoms with E-state index in [0.717, 1.165) is 17.5 Å². The largest absolute Gasteiger partial charge is 0.426 e. The van der Waals surface area contributed by atoms with E-state index in [4.69, 9.17) is 4.74 Å².